The molecule has 0 aromatic heterocycles. The molecule has 1 unspecified atom stereocenters. The molecule has 0 saturated carbocycles. The molecule has 58 valence electrons. The Hall–Kier alpha value is 0.390. The molecule has 0 bridgehead atoms. The second-order valence-electron chi connectivity index (χ2n) is 2.57. The summed E-state index contributed by atoms with van der Waals surface area (Å²) in [7, 11) is 2.29. The van der Waals surface area contributed by atoms with Gasteiger partial charge in [-0.25, -0.2) is 0 Å². The average molecular weight is 150 g/mol. The van der Waals surface area contributed by atoms with Gasteiger partial charge in [0, 0.05) is 0 Å². The molecule has 0 N–H and O–H groups in total. The lowest BCUT2D eigenvalue weighted by molar-refractivity contribution is -0.904. The van der Waals surface area contributed by atoms with E-state index < -0.39 is 0 Å². The fourth-order valence-corrected chi connectivity index (χ4v) is 0.671. The second kappa shape index (κ2) is 5.20. The molecular weight excluding hydrogens is 129 g/mol. The van der Waals surface area contributed by atoms with Crippen molar-refractivity contribution in [1.29, 1.82) is 0 Å². The first-order valence-corrected chi connectivity index (χ1v) is 3.52. The zero-order chi connectivity index (χ0) is 6.62. The van der Waals surface area contributed by atoms with E-state index in [1.807, 2.05) is 0 Å². The normalized spacial score (nSPS) is 10.7. The Morgan fingerprint density at radius 2 is 1.11 bits per heavy atom. The van der Waals surface area contributed by atoms with Gasteiger partial charge in [0.05, 0.1) is 26.7 Å². The quantitative estimate of drug-likeness (QED) is 0.423. The molecule has 0 radical (unpaired) electrons. The van der Waals surface area contributed by atoms with E-state index in [2.05, 4.69) is 27.8 Å². The molecule has 0 aliphatic heterocycles. The highest BCUT2D eigenvalue weighted by atomic mass is 31.0. The number of quaternary nitrogens is 1. The average Bonchev–Trinajstić information content (AvgIpc) is 1.87. The molecule has 0 aliphatic rings. The van der Waals surface area contributed by atoms with Crippen LogP contribution in [0.4, 0.5) is 0 Å². The summed E-state index contributed by atoms with van der Waals surface area (Å²) in [6.07, 6.45) is 0. The Morgan fingerprint density at radius 3 is 1.11 bits per heavy atom. The van der Waals surface area contributed by atoms with Crippen molar-refractivity contribution in [2.75, 3.05) is 26.7 Å². The highest BCUT2D eigenvalue weighted by molar-refractivity contribution is 6.92. The molecule has 0 aromatic rings. The molecule has 0 aromatic carbocycles. The van der Waals surface area contributed by atoms with Crippen molar-refractivity contribution in [2.45, 2.75) is 20.8 Å². The van der Waals surface area contributed by atoms with Crippen LogP contribution in [0.15, 0.2) is 0 Å². The summed E-state index contributed by atoms with van der Waals surface area (Å²) >= 11 is 0. The molecule has 0 heterocycles. The summed E-state index contributed by atoms with van der Waals surface area (Å²) in [6.45, 7) is 10.5. The molecule has 1 atom stereocenters. The maximum Gasteiger partial charge on any atom is 0.0755 e. The van der Waals surface area contributed by atoms with Gasteiger partial charge in [0.1, 0.15) is 0 Å². The largest absolute Gasteiger partial charge is 0.327 e. The molecular formula is C7H21NP+. The Kier molecular flexibility index (Phi) is 6.99. The first-order chi connectivity index (χ1) is 3.68. The summed E-state index contributed by atoms with van der Waals surface area (Å²) in [5.41, 5.74) is 0. The van der Waals surface area contributed by atoms with Crippen LogP contribution in [0.25, 0.3) is 0 Å². The van der Waals surface area contributed by atoms with E-state index in [9.17, 15) is 0 Å². The van der Waals surface area contributed by atoms with Gasteiger partial charge in [0.2, 0.25) is 0 Å². The maximum absolute atomic E-state index is 2.29. The van der Waals surface area contributed by atoms with Crippen molar-refractivity contribution in [3.8, 4) is 0 Å². The molecule has 0 fully saturated rings. The predicted octanol–water partition coefficient (Wildman–Crippen LogP) is 1.55. The molecule has 9 heavy (non-hydrogen) atoms. The fraction of sp³-hybridized carbons (Fsp3) is 1.00. The third-order valence-corrected chi connectivity index (χ3v) is 2.29. The Balaban J connectivity index is 0. The molecule has 2 heteroatoms. The van der Waals surface area contributed by atoms with Gasteiger partial charge >= 0.3 is 0 Å². The van der Waals surface area contributed by atoms with E-state index in [-0.39, 0.29) is 9.90 Å². The minimum absolute atomic E-state index is 0. The highest BCUT2D eigenvalue weighted by Gasteiger charge is 2.10. The van der Waals surface area contributed by atoms with Crippen molar-refractivity contribution in [3.05, 3.63) is 0 Å². The van der Waals surface area contributed by atoms with Crippen LogP contribution >= 0.6 is 9.90 Å². The minimum Gasteiger partial charge on any atom is -0.327 e. The summed E-state index contributed by atoms with van der Waals surface area (Å²) in [6, 6.07) is 0. The van der Waals surface area contributed by atoms with Gasteiger partial charge in [-0.05, 0) is 20.8 Å². The fourth-order valence-electron chi connectivity index (χ4n) is 0.671. The summed E-state index contributed by atoms with van der Waals surface area (Å²) in [5, 5.41) is 0. The van der Waals surface area contributed by atoms with Crippen LogP contribution in [-0.2, 0) is 0 Å². The van der Waals surface area contributed by atoms with E-state index in [1.54, 1.807) is 0 Å². The zero-order valence-corrected chi connectivity index (χ0v) is 8.69. The van der Waals surface area contributed by atoms with Gasteiger partial charge in [0.15, 0.2) is 0 Å². The van der Waals surface area contributed by atoms with E-state index in [1.165, 1.54) is 24.1 Å². The van der Waals surface area contributed by atoms with E-state index in [4.69, 9.17) is 0 Å². The SMILES string of the molecule is CC[N+](C)(CC)CC.P. The summed E-state index contributed by atoms with van der Waals surface area (Å²) in [5.74, 6) is 0. The molecule has 1 nitrogen and oxygen atoms in total. The van der Waals surface area contributed by atoms with Crippen molar-refractivity contribution >= 4 is 9.90 Å². The van der Waals surface area contributed by atoms with Crippen molar-refractivity contribution in [3.63, 3.8) is 0 Å². The number of hydrogen-bond acceptors (Lipinski definition) is 0. The Morgan fingerprint density at radius 1 is 0.889 bits per heavy atom. The van der Waals surface area contributed by atoms with Crippen LogP contribution in [0.1, 0.15) is 20.8 Å². The highest BCUT2D eigenvalue weighted by Crippen LogP contribution is 1.97. The topological polar surface area (TPSA) is 0 Å². The standard InChI is InChI=1S/C7H18N.H3P/c1-5-8(4,6-2)7-3;/h5-7H2,1-4H3;1H3/q+1;. The number of hydrogen-bond donors (Lipinski definition) is 0. The third kappa shape index (κ3) is 3.89. The van der Waals surface area contributed by atoms with Crippen molar-refractivity contribution in [1.82, 2.24) is 0 Å². The van der Waals surface area contributed by atoms with Crippen LogP contribution in [0.3, 0.4) is 0 Å². The van der Waals surface area contributed by atoms with Crippen LogP contribution in [-0.4, -0.2) is 31.2 Å². The Labute approximate surface area is 62.6 Å². The zero-order valence-electron chi connectivity index (χ0n) is 7.28. The van der Waals surface area contributed by atoms with Gasteiger partial charge in [-0.1, -0.05) is 0 Å². The van der Waals surface area contributed by atoms with Gasteiger partial charge in [-0.2, -0.15) is 9.90 Å². The monoisotopic (exact) mass is 150 g/mol. The second-order valence-corrected chi connectivity index (χ2v) is 2.57. The van der Waals surface area contributed by atoms with Gasteiger partial charge in [0.25, 0.3) is 0 Å². The third-order valence-electron chi connectivity index (χ3n) is 2.29. The van der Waals surface area contributed by atoms with Crippen LogP contribution < -0.4 is 0 Å². The number of nitrogens with zero attached hydrogens (tertiary/aromatic N) is 1. The molecule has 0 rings (SSSR count). The lowest BCUT2D eigenvalue weighted by Crippen LogP contribution is -2.42. The maximum atomic E-state index is 2.29. The minimum atomic E-state index is 0. The molecule has 0 aliphatic carbocycles. The van der Waals surface area contributed by atoms with Gasteiger partial charge in [-0.15, -0.1) is 0 Å². The molecule has 0 amide bonds. The van der Waals surface area contributed by atoms with E-state index in [0.29, 0.717) is 0 Å². The lowest BCUT2D eigenvalue weighted by atomic mass is 10.4. The van der Waals surface area contributed by atoms with Crippen molar-refractivity contribution < 1.29 is 4.48 Å². The summed E-state index contributed by atoms with van der Waals surface area (Å²) in [4.78, 5) is 0. The number of rotatable bonds is 3. The first kappa shape index (κ1) is 12.1. The predicted molar refractivity (Wildman–Crippen MR) is 48.9 cm³/mol. The first-order valence-electron chi connectivity index (χ1n) is 3.52. The van der Waals surface area contributed by atoms with Crippen LogP contribution in [0.2, 0.25) is 0 Å². The van der Waals surface area contributed by atoms with Crippen LogP contribution in [0.5, 0.6) is 0 Å². The smallest absolute Gasteiger partial charge is 0.0755 e. The van der Waals surface area contributed by atoms with E-state index in [0.717, 1.165) is 0 Å². The van der Waals surface area contributed by atoms with E-state index >= 15 is 0 Å². The van der Waals surface area contributed by atoms with Crippen LogP contribution in [0, 0.1) is 0 Å². The van der Waals surface area contributed by atoms with Gasteiger partial charge in [-0.3, -0.25) is 0 Å². The lowest BCUT2D eigenvalue weighted by Gasteiger charge is -2.30. The summed E-state index contributed by atoms with van der Waals surface area (Å²) < 4.78 is 1.21. The van der Waals surface area contributed by atoms with Gasteiger partial charge < -0.3 is 4.48 Å². The Bertz CT molecular complexity index is 51.7. The van der Waals surface area contributed by atoms with Crippen molar-refractivity contribution in [2.24, 2.45) is 0 Å². The molecule has 0 saturated heterocycles. The molecule has 0 spiro atoms.